The maximum absolute atomic E-state index is 14.9. The zero-order valence-corrected chi connectivity index (χ0v) is 20.1. The Morgan fingerprint density at radius 3 is 1.69 bits per heavy atom. The fourth-order valence-corrected chi connectivity index (χ4v) is 6.32. The molecule has 0 aliphatic heterocycles. The van der Waals surface area contributed by atoms with Gasteiger partial charge in [-0.25, -0.2) is 8.78 Å². The molecule has 3 heteroatoms. The lowest BCUT2D eigenvalue weighted by Crippen LogP contribution is -2.18. The molecule has 0 aromatic heterocycles. The molecule has 0 atom stereocenters. The molecule has 2 saturated carbocycles. The van der Waals surface area contributed by atoms with Crippen LogP contribution in [0.25, 0.3) is 11.1 Å². The van der Waals surface area contributed by atoms with Gasteiger partial charge in [-0.3, -0.25) is 0 Å². The van der Waals surface area contributed by atoms with Crippen molar-refractivity contribution in [2.75, 3.05) is 0 Å². The number of rotatable bonds is 7. The van der Waals surface area contributed by atoms with E-state index in [0.29, 0.717) is 10.6 Å². The maximum Gasteiger partial charge on any atom is 0.134 e. The molecular formula is C29H37ClF2. The summed E-state index contributed by atoms with van der Waals surface area (Å²) in [6.07, 6.45) is 15.7. The lowest BCUT2D eigenvalue weighted by atomic mass is 9.74. The predicted octanol–water partition coefficient (Wildman–Crippen LogP) is 9.95. The third kappa shape index (κ3) is 5.93. The van der Waals surface area contributed by atoms with Crippen molar-refractivity contribution in [1.82, 2.24) is 0 Å². The Hall–Kier alpha value is -1.41. The van der Waals surface area contributed by atoms with Gasteiger partial charge in [-0.2, -0.15) is 0 Å². The quantitative estimate of drug-likeness (QED) is 0.387. The van der Waals surface area contributed by atoms with Gasteiger partial charge >= 0.3 is 0 Å². The summed E-state index contributed by atoms with van der Waals surface area (Å²) in [6, 6.07) is 9.80. The van der Waals surface area contributed by atoms with Crippen molar-refractivity contribution in [1.29, 1.82) is 0 Å². The van der Waals surface area contributed by atoms with E-state index in [9.17, 15) is 8.78 Å². The van der Waals surface area contributed by atoms with Crippen LogP contribution in [0, 0.1) is 29.4 Å². The van der Waals surface area contributed by atoms with Gasteiger partial charge in [-0.05, 0) is 84.7 Å². The van der Waals surface area contributed by atoms with Crippen LogP contribution in [-0.2, 0) is 0 Å². The van der Waals surface area contributed by atoms with Crippen molar-refractivity contribution in [3.05, 3.63) is 58.6 Å². The first-order chi connectivity index (χ1) is 15.5. The maximum atomic E-state index is 14.9. The van der Waals surface area contributed by atoms with Crippen LogP contribution in [0.5, 0.6) is 0 Å². The molecule has 32 heavy (non-hydrogen) atoms. The number of hydrogen-bond donors (Lipinski definition) is 0. The van der Waals surface area contributed by atoms with E-state index in [0.717, 1.165) is 36.2 Å². The number of hydrogen-bond acceptors (Lipinski definition) is 0. The van der Waals surface area contributed by atoms with Crippen LogP contribution in [-0.4, -0.2) is 0 Å². The summed E-state index contributed by atoms with van der Waals surface area (Å²) in [6.45, 7) is 2.30. The summed E-state index contributed by atoms with van der Waals surface area (Å²) in [4.78, 5) is 0. The Balaban J connectivity index is 1.28. The van der Waals surface area contributed by atoms with Gasteiger partial charge in [-0.1, -0.05) is 82.0 Å². The molecule has 174 valence electrons. The molecule has 2 aliphatic rings. The molecule has 0 amide bonds. The van der Waals surface area contributed by atoms with Crippen molar-refractivity contribution >= 4 is 11.6 Å². The monoisotopic (exact) mass is 458 g/mol. The van der Waals surface area contributed by atoms with Crippen LogP contribution in [0.2, 0.25) is 5.02 Å². The fraction of sp³-hybridized carbons (Fsp3) is 0.586. The molecular weight excluding hydrogens is 422 g/mol. The van der Waals surface area contributed by atoms with E-state index >= 15 is 0 Å². The number of halogens is 3. The van der Waals surface area contributed by atoms with Crippen molar-refractivity contribution in [3.8, 4) is 11.1 Å². The minimum Gasteiger partial charge on any atom is -0.206 e. The van der Waals surface area contributed by atoms with E-state index in [1.807, 2.05) is 0 Å². The van der Waals surface area contributed by atoms with Crippen LogP contribution in [0.4, 0.5) is 8.78 Å². The second-order valence-corrected chi connectivity index (χ2v) is 10.8. The Labute approximate surface area is 197 Å². The highest BCUT2D eigenvalue weighted by Crippen LogP contribution is 2.41. The summed E-state index contributed by atoms with van der Waals surface area (Å²) in [5.41, 5.74) is 1.40. The number of benzene rings is 2. The molecule has 0 N–H and O–H groups in total. The third-order valence-electron chi connectivity index (χ3n) is 8.16. The van der Waals surface area contributed by atoms with Gasteiger partial charge in [0.25, 0.3) is 0 Å². The second kappa shape index (κ2) is 11.1. The minimum absolute atomic E-state index is 0.0489. The van der Waals surface area contributed by atoms with E-state index in [1.165, 1.54) is 64.2 Å². The van der Waals surface area contributed by atoms with Gasteiger partial charge in [-0.15, -0.1) is 0 Å². The molecule has 0 saturated heterocycles. The SMILES string of the molecule is CCCC1CCC(CCC2CCC(c3cc(F)c(-c4ccc(Cl)cc4)c(F)c3)CC2)CC1. The first-order valence-electron chi connectivity index (χ1n) is 12.8. The lowest BCUT2D eigenvalue weighted by molar-refractivity contribution is 0.224. The van der Waals surface area contributed by atoms with Gasteiger partial charge in [0.05, 0.1) is 5.56 Å². The molecule has 0 radical (unpaired) electrons. The van der Waals surface area contributed by atoms with Gasteiger partial charge in [0.2, 0.25) is 0 Å². The van der Waals surface area contributed by atoms with Gasteiger partial charge in [0, 0.05) is 5.02 Å². The standard InChI is InChI=1S/C29H37ClF2/c1-2-3-20-4-6-21(7-5-20)8-9-22-10-12-23(13-11-22)25-18-27(31)29(28(32)19-25)24-14-16-26(30)17-15-24/h14-23H,2-13H2,1H3. The topological polar surface area (TPSA) is 0 Å². The van der Waals surface area contributed by atoms with E-state index in [1.54, 1.807) is 36.4 Å². The van der Waals surface area contributed by atoms with Crippen molar-refractivity contribution < 1.29 is 8.78 Å². The third-order valence-corrected chi connectivity index (χ3v) is 8.41. The van der Waals surface area contributed by atoms with Gasteiger partial charge < -0.3 is 0 Å². The lowest BCUT2D eigenvalue weighted by Gasteiger charge is -2.32. The van der Waals surface area contributed by atoms with E-state index in [-0.39, 0.29) is 11.5 Å². The summed E-state index contributed by atoms with van der Waals surface area (Å²) < 4.78 is 29.7. The predicted molar refractivity (Wildman–Crippen MR) is 131 cm³/mol. The Morgan fingerprint density at radius 1 is 0.719 bits per heavy atom. The van der Waals surface area contributed by atoms with E-state index in [4.69, 9.17) is 11.6 Å². The molecule has 2 fully saturated rings. The molecule has 2 aromatic carbocycles. The molecule has 0 heterocycles. The van der Waals surface area contributed by atoms with Crippen LogP contribution in [0.15, 0.2) is 36.4 Å². The molecule has 0 spiro atoms. The molecule has 4 rings (SSSR count). The highest BCUT2D eigenvalue weighted by molar-refractivity contribution is 6.30. The molecule has 2 aliphatic carbocycles. The smallest absolute Gasteiger partial charge is 0.134 e. The zero-order chi connectivity index (χ0) is 22.5. The van der Waals surface area contributed by atoms with Gasteiger partial charge in [0.15, 0.2) is 0 Å². The Morgan fingerprint density at radius 2 is 1.19 bits per heavy atom. The van der Waals surface area contributed by atoms with Gasteiger partial charge in [0.1, 0.15) is 11.6 Å². The average Bonchev–Trinajstić information content (AvgIpc) is 2.80. The Kier molecular flexibility index (Phi) is 8.27. The van der Waals surface area contributed by atoms with Crippen LogP contribution in [0.1, 0.15) is 95.5 Å². The molecule has 0 nitrogen and oxygen atoms in total. The molecule has 0 unspecified atom stereocenters. The summed E-state index contributed by atoms with van der Waals surface area (Å²) in [7, 11) is 0. The average molecular weight is 459 g/mol. The summed E-state index contributed by atoms with van der Waals surface area (Å²) in [5.74, 6) is 2.05. The van der Waals surface area contributed by atoms with E-state index in [2.05, 4.69) is 6.92 Å². The molecule has 2 aromatic rings. The molecule has 0 bridgehead atoms. The highest BCUT2D eigenvalue weighted by Gasteiger charge is 2.26. The first kappa shape index (κ1) is 23.7. The van der Waals surface area contributed by atoms with E-state index < -0.39 is 11.6 Å². The Bertz CT molecular complexity index is 836. The normalized spacial score (nSPS) is 26.2. The largest absolute Gasteiger partial charge is 0.206 e. The van der Waals surface area contributed by atoms with Crippen molar-refractivity contribution in [2.45, 2.75) is 89.9 Å². The van der Waals surface area contributed by atoms with Crippen LogP contribution < -0.4 is 0 Å². The fourth-order valence-electron chi connectivity index (χ4n) is 6.19. The van der Waals surface area contributed by atoms with Crippen LogP contribution in [0.3, 0.4) is 0 Å². The van der Waals surface area contributed by atoms with Crippen molar-refractivity contribution in [3.63, 3.8) is 0 Å². The minimum atomic E-state index is -0.469. The van der Waals surface area contributed by atoms with Crippen molar-refractivity contribution in [2.24, 2.45) is 17.8 Å². The first-order valence-corrected chi connectivity index (χ1v) is 13.2. The summed E-state index contributed by atoms with van der Waals surface area (Å²) >= 11 is 5.91. The highest BCUT2D eigenvalue weighted by atomic mass is 35.5. The zero-order valence-electron chi connectivity index (χ0n) is 19.4. The van der Waals surface area contributed by atoms with Crippen LogP contribution >= 0.6 is 11.6 Å². The summed E-state index contributed by atoms with van der Waals surface area (Å²) in [5, 5.41) is 0.562. The second-order valence-electron chi connectivity index (χ2n) is 10.3.